The molecule has 3 rings (SSSR count). The second kappa shape index (κ2) is 7.15. The first kappa shape index (κ1) is 14.7. The summed E-state index contributed by atoms with van der Waals surface area (Å²) in [5.41, 5.74) is 1.51. The van der Waals surface area contributed by atoms with Gasteiger partial charge in [-0.25, -0.2) is 0 Å². The average Bonchev–Trinajstić information content (AvgIpc) is 2.62. The molecule has 0 aliphatic heterocycles. The van der Waals surface area contributed by atoms with Crippen LogP contribution in [-0.4, -0.2) is 0 Å². The first-order valence-corrected chi connectivity index (χ1v) is 7.29. The third-order valence-corrected chi connectivity index (χ3v) is 3.33. The van der Waals surface area contributed by atoms with Crippen LogP contribution in [0.3, 0.4) is 0 Å². The average molecular weight is 301 g/mol. The van der Waals surface area contributed by atoms with E-state index >= 15 is 0 Å². The number of hydrogen-bond acceptors (Lipinski definition) is 3. The van der Waals surface area contributed by atoms with Crippen molar-refractivity contribution in [2.45, 2.75) is 6.61 Å². The lowest BCUT2D eigenvalue weighted by Crippen LogP contribution is -1.98. The van der Waals surface area contributed by atoms with E-state index in [-0.39, 0.29) is 0 Å². The molecule has 0 heterocycles. The van der Waals surface area contributed by atoms with Gasteiger partial charge in [-0.05, 0) is 42.5 Å². The third-order valence-electron chi connectivity index (χ3n) is 3.33. The maximum atomic E-state index is 9.07. The second-order valence-corrected chi connectivity index (χ2v) is 4.94. The van der Waals surface area contributed by atoms with E-state index in [9.17, 15) is 0 Å². The van der Waals surface area contributed by atoms with Crippen molar-refractivity contribution in [2.24, 2.45) is 0 Å². The molecule has 0 N–H and O–H groups in total. The van der Waals surface area contributed by atoms with Gasteiger partial charge in [-0.1, -0.05) is 36.4 Å². The molecular formula is C20H15NO2. The molecule has 0 atom stereocenters. The molecular weight excluding hydrogens is 286 g/mol. The summed E-state index contributed by atoms with van der Waals surface area (Å²) in [6, 6.07) is 26.6. The van der Waals surface area contributed by atoms with Crippen LogP contribution >= 0.6 is 0 Å². The van der Waals surface area contributed by atoms with Crippen LogP contribution in [0.4, 0.5) is 0 Å². The Bertz CT molecular complexity index is 805. The summed E-state index contributed by atoms with van der Waals surface area (Å²) in [7, 11) is 0. The maximum absolute atomic E-state index is 9.07. The summed E-state index contributed by atoms with van der Waals surface area (Å²) in [6.45, 7) is 0.364. The lowest BCUT2D eigenvalue weighted by Gasteiger charge is -2.09. The zero-order valence-electron chi connectivity index (χ0n) is 12.5. The number of benzene rings is 3. The monoisotopic (exact) mass is 301 g/mol. The molecule has 23 heavy (non-hydrogen) atoms. The highest BCUT2D eigenvalue weighted by Crippen LogP contribution is 2.24. The summed E-state index contributed by atoms with van der Waals surface area (Å²) in [5.74, 6) is 2.28. The minimum atomic E-state index is 0.364. The number of hydrogen-bond donors (Lipinski definition) is 0. The topological polar surface area (TPSA) is 42.2 Å². The van der Waals surface area contributed by atoms with Crippen LogP contribution in [-0.2, 0) is 6.61 Å². The molecule has 0 aromatic heterocycles. The molecule has 0 saturated carbocycles. The van der Waals surface area contributed by atoms with Crippen LogP contribution in [0, 0.1) is 11.3 Å². The Hall–Kier alpha value is -3.25. The SMILES string of the molecule is N#Cc1ccccc1COc1ccc(Oc2ccccc2)cc1. The first-order valence-electron chi connectivity index (χ1n) is 7.29. The fraction of sp³-hybridized carbons (Fsp3) is 0.0500. The van der Waals surface area contributed by atoms with E-state index in [4.69, 9.17) is 14.7 Å². The van der Waals surface area contributed by atoms with Gasteiger partial charge in [0.1, 0.15) is 23.9 Å². The lowest BCUT2D eigenvalue weighted by atomic mass is 10.1. The quantitative estimate of drug-likeness (QED) is 0.671. The van der Waals surface area contributed by atoms with Gasteiger partial charge in [0, 0.05) is 5.56 Å². The molecule has 0 spiro atoms. The van der Waals surface area contributed by atoms with Gasteiger partial charge in [0.2, 0.25) is 0 Å². The van der Waals surface area contributed by atoms with Crippen LogP contribution in [0.1, 0.15) is 11.1 Å². The van der Waals surface area contributed by atoms with Gasteiger partial charge in [-0.2, -0.15) is 5.26 Å². The Morgan fingerprint density at radius 2 is 1.30 bits per heavy atom. The molecule has 0 bridgehead atoms. The maximum Gasteiger partial charge on any atom is 0.127 e. The minimum Gasteiger partial charge on any atom is -0.489 e. The molecule has 0 saturated heterocycles. The molecule has 0 unspecified atom stereocenters. The van der Waals surface area contributed by atoms with E-state index in [1.807, 2.05) is 72.8 Å². The largest absolute Gasteiger partial charge is 0.489 e. The van der Waals surface area contributed by atoms with Gasteiger partial charge >= 0.3 is 0 Å². The highest BCUT2D eigenvalue weighted by Gasteiger charge is 2.02. The number of para-hydroxylation sites is 1. The van der Waals surface area contributed by atoms with Gasteiger partial charge < -0.3 is 9.47 Å². The van der Waals surface area contributed by atoms with Gasteiger partial charge in [0.05, 0.1) is 11.6 Å². The van der Waals surface area contributed by atoms with E-state index in [1.54, 1.807) is 6.07 Å². The molecule has 0 fully saturated rings. The molecule has 3 nitrogen and oxygen atoms in total. The number of rotatable bonds is 5. The smallest absolute Gasteiger partial charge is 0.127 e. The van der Waals surface area contributed by atoms with Crippen molar-refractivity contribution in [3.05, 3.63) is 90.0 Å². The van der Waals surface area contributed by atoms with Crippen molar-refractivity contribution >= 4 is 0 Å². The van der Waals surface area contributed by atoms with Gasteiger partial charge in [-0.15, -0.1) is 0 Å². The fourth-order valence-corrected chi connectivity index (χ4v) is 2.14. The predicted molar refractivity (Wildman–Crippen MR) is 88.4 cm³/mol. The van der Waals surface area contributed by atoms with E-state index in [1.165, 1.54) is 0 Å². The summed E-state index contributed by atoms with van der Waals surface area (Å²) >= 11 is 0. The van der Waals surface area contributed by atoms with Crippen LogP contribution in [0.15, 0.2) is 78.9 Å². The highest BCUT2D eigenvalue weighted by atomic mass is 16.5. The van der Waals surface area contributed by atoms with Crippen molar-refractivity contribution in [1.29, 1.82) is 5.26 Å². The van der Waals surface area contributed by atoms with Crippen molar-refractivity contribution in [3.8, 4) is 23.3 Å². The Balaban J connectivity index is 1.63. The van der Waals surface area contributed by atoms with Gasteiger partial charge in [0.25, 0.3) is 0 Å². The standard InChI is InChI=1S/C20H15NO2/c21-14-16-6-4-5-7-17(16)15-22-18-10-12-20(13-11-18)23-19-8-2-1-3-9-19/h1-13H,15H2. The number of ether oxygens (including phenoxy) is 2. The van der Waals surface area contributed by atoms with Crippen LogP contribution in [0.5, 0.6) is 17.2 Å². The van der Waals surface area contributed by atoms with E-state index in [0.29, 0.717) is 12.2 Å². The molecule has 0 radical (unpaired) electrons. The molecule has 0 amide bonds. The number of nitrogens with zero attached hydrogens (tertiary/aromatic N) is 1. The van der Waals surface area contributed by atoms with Crippen molar-refractivity contribution < 1.29 is 9.47 Å². The summed E-state index contributed by atoms with van der Waals surface area (Å²) in [6.07, 6.45) is 0. The Labute approximate surface area is 135 Å². The van der Waals surface area contributed by atoms with Crippen LogP contribution in [0.2, 0.25) is 0 Å². The highest BCUT2D eigenvalue weighted by molar-refractivity contribution is 5.38. The van der Waals surface area contributed by atoms with Crippen molar-refractivity contribution in [3.63, 3.8) is 0 Å². The van der Waals surface area contributed by atoms with Crippen LogP contribution in [0.25, 0.3) is 0 Å². The fourth-order valence-electron chi connectivity index (χ4n) is 2.14. The summed E-state index contributed by atoms with van der Waals surface area (Å²) < 4.78 is 11.5. The van der Waals surface area contributed by atoms with Gasteiger partial charge in [0.15, 0.2) is 0 Å². The van der Waals surface area contributed by atoms with Crippen molar-refractivity contribution in [1.82, 2.24) is 0 Å². The Morgan fingerprint density at radius 1 is 0.696 bits per heavy atom. The Kier molecular flexibility index (Phi) is 4.56. The lowest BCUT2D eigenvalue weighted by molar-refractivity contribution is 0.305. The van der Waals surface area contributed by atoms with E-state index in [0.717, 1.165) is 22.8 Å². The van der Waals surface area contributed by atoms with Crippen molar-refractivity contribution in [2.75, 3.05) is 0 Å². The van der Waals surface area contributed by atoms with Crippen LogP contribution < -0.4 is 9.47 Å². The molecule has 112 valence electrons. The molecule has 0 aliphatic rings. The molecule has 3 heteroatoms. The zero-order valence-corrected chi connectivity index (χ0v) is 12.5. The third kappa shape index (κ3) is 3.90. The molecule has 3 aromatic carbocycles. The first-order chi connectivity index (χ1) is 11.3. The predicted octanol–water partition coefficient (Wildman–Crippen LogP) is 4.93. The van der Waals surface area contributed by atoms with E-state index < -0.39 is 0 Å². The molecule has 0 aliphatic carbocycles. The Morgan fingerprint density at radius 3 is 2.04 bits per heavy atom. The second-order valence-electron chi connectivity index (χ2n) is 4.94. The summed E-state index contributed by atoms with van der Waals surface area (Å²) in [5, 5.41) is 9.07. The molecule has 3 aromatic rings. The zero-order chi connectivity index (χ0) is 15.9. The summed E-state index contributed by atoms with van der Waals surface area (Å²) in [4.78, 5) is 0. The minimum absolute atomic E-state index is 0.364. The number of nitriles is 1. The normalized spacial score (nSPS) is 9.87. The van der Waals surface area contributed by atoms with E-state index in [2.05, 4.69) is 6.07 Å². The van der Waals surface area contributed by atoms with Gasteiger partial charge in [-0.3, -0.25) is 0 Å².